The molecule has 0 atom stereocenters. The van der Waals surface area contributed by atoms with Gasteiger partial charge in [0.1, 0.15) is 0 Å². The summed E-state index contributed by atoms with van der Waals surface area (Å²) in [6.07, 6.45) is 2.82. The molecule has 0 unspecified atom stereocenters. The van der Waals surface area contributed by atoms with Crippen LogP contribution in [0.1, 0.15) is 19.3 Å². The first-order valence-corrected chi connectivity index (χ1v) is 6.51. The maximum Gasteiger partial charge on any atom is 0.320 e. The first kappa shape index (κ1) is 12.6. The van der Waals surface area contributed by atoms with E-state index in [0.29, 0.717) is 50.3 Å². The molecule has 2 rings (SSSR count). The zero-order chi connectivity index (χ0) is 12.3. The maximum absolute atomic E-state index is 12.3. The first-order valence-electron chi connectivity index (χ1n) is 6.10. The second-order valence-corrected chi connectivity index (χ2v) is 5.05. The molecule has 2 N–H and O–H groups in total. The fraction of sp³-hybridized carbons (Fsp3) is 0.818. The van der Waals surface area contributed by atoms with Gasteiger partial charge in [0.25, 0.3) is 0 Å². The smallest absolute Gasteiger partial charge is 0.320 e. The molecule has 2 amide bonds. The summed E-state index contributed by atoms with van der Waals surface area (Å²) in [5.41, 5.74) is 5.50. The third kappa shape index (κ3) is 3.54. The number of hydrogen-bond donors (Lipinski definition) is 1. The molecule has 0 aromatic heterocycles. The fourth-order valence-corrected chi connectivity index (χ4v) is 2.08. The Morgan fingerprint density at radius 3 is 2.59 bits per heavy atom. The molecule has 2 fully saturated rings. The van der Waals surface area contributed by atoms with E-state index in [1.807, 2.05) is 9.80 Å². The van der Waals surface area contributed by atoms with E-state index < -0.39 is 0 Å². The van der Waals surface area contributed by atoms with Crippen molar-refractivity contribution >= 4 is 23.2 Å². The number of carbonyl (C=O) groups is 1. The molecule has 5 nitrogen and oxygen atoms in total. The third-order valence-electron chi connectivity index (χ3n) is 3.11. The number of thiocarbonyl (C=S) groups is 1. The number of morpholine rings is 1. The average molecular weight is 257 g/mol. The van der Waals surface area contributed by atoms with Crippen molar-refractivity contribution in [1.29, 1.82) is 0 Å². The van der Waals surface area contributed by atoms with Crippen molar-refractivity contribution in [3.63, 3.8) is 0 Å². The Morgan fingerprint density at radius 1 is 1.41 bits per heavy atom. The molecule has 0 aromatic rings. The predicted molar refractivity (Wildman–Crippen MR) is 68.9 cm³/mol. The van der Waals surface area contributed by atoms with Crippen LogP contribution in [0.2, 0.25) is 0 Å². The van der Waals surface area contributed by atoms with Crippen LogP contribution in [-0.4, -0.2) is 59.7 Å². The van der Waals surface area contributed by atoms with E-state index in [9.17, 15) is 4.79 Å². The molecule has 0 radical (unpaired) electrons. The highest BCUT2D eigenvalue weighted by molar-refractivity contribution is 7.80. The van der Waals surface area contributed by atoms with Crippen LogP contribution in [0.15, 0.2) is 0 Å². The standard InChI is InChI=1S/C11H19N3O2S/c12-10(17)3-4-14(9-1-2-9)11(15)13-5-7-16-8-6-13/h9H,1-8H2,(H2,12,17). The van der Waals surface area contributed by atoms with Crippen LogP contribution in [0.25, 0.3) is 0 Å². The molecule has 6 heteroatoms. The zero-order valence-corrected chi connectivity index (χ0v) is 10.7. The number of rotatable bonds is 4. The number of carbonyl (C=O) groups excluding carboxylic acids is 1. The van der Waals surface area contributed by atoms with Gasteiger partial charge in [-0.05, 0) is 12.8 Å². The van der Waals surface area contributed by atoms with E-state index in [1.165, 1.54) is 0 Å². The van der Waals surface area contributed by atoms with Crippen molar-refractivity contribution in [2.75, 3.05) is 32.8 Å². The lowest BCUT2D eigenvalue weighted by Crippen LogP contribution is -2.49. The van der Waals surface area contributed by atoms with E-state index >= 15 is 0 Å². The lowest BCUT2D eigenvalue weighted by atomic mass is 10.3. The first-order chi connectivity index (χ1) is 8.18. The summed E-state index contributed by atoms with van der Waals surface area (Å²) in [6.45, 7) is 3.31. The van der Waals surface area contributed by atoms with Gasteiger partial charge < -0.3 is 20.3 Å². The topological polar surface area (TPSA) is 58.8 Å². The number of nitrogens with zero attached hydrogens (tertiary/aromatic N) is 2. The molecule has 0 spiro atoms. The van der Waals surface area contributed by atoms with Gasteiger partial charge in [0.05, 0.1) is 18.2 Å². The molecule has 1 heterocycles. The molecule has 1 aliphatic heterocycles. The van der Waals surface area contributed by atoms with Crippen LogP contribution in [0, 0.1) is 0 Å². The molecule has 0 aromatic carbocycles. The fourth-order valence-electron chi connectivity index (χ4n) is 1.99. The summed E-state index contributed by atoms with van der Waals surface area (Å²) in [7, 11) is 0. The SMILES string of the molecule is NC(=S)CCN(C(=O)N1CCOCC1)C1CC1. The Bertz CT molecular complexity index is 301. The van der Waals surface area contributed by atoms with E-state index in [4.69, 9.17) is 22.7 Å². The molecule has 0 bridgehead atoms. The van der Waals surface area contributed by atoms with E-state index in [1.54, 1.807) is 0 Å². The number of urea groups is 1. The van der Waals surface area contributed by atoms with Gasteiger partial charge in [-0.1, -0.05) is 12.2 Å². The van der Waals surface area contributed by atoms with E-state index in [0.717, 1.165) is 12.8 Å². The van der Waals surface area contributed by atoms with Crippen molar-refractivity contribution < 1.29 is 9.53 Å². The predicted octanol–water partition coefficient (Wildman–Crippen LogP) is 0.579. The Hall–Kier alpha value is -0.880. The minimum absolute atomic E-state index is 0.118. The van der Waals surface area contributed by atoms with Crippen molar-refractivity contribution in [2.45, 2.75) is 25.3 Å². The largest absolute Gasteiger partial charge is 0.393 e. The van der Waals surface area contributed by atoms with Gasteiger partial charge >= 0.3 is 6.03 Å². The van der Waals surface area contributed by atoms with Gasteiger partial charge in [0, 0.05) is 32.1 Å². The summed E-state index contributed by atoms with van der Waals surface area (Å²) in [6, 6.07) is 0.520. The van der Waals surface area contributed by atoms with Crippen LogP contribution < -0.4 is 5.73 Å². The average Bonchev–Trinajstić information content (AvgIpc) is 3.14. The van der Waals surface area contributed by atoms with Gasteiger partial charge in [0.15, 0.2) is 0 Å². The van der Waals surface area contributed by atoms with Crippen molar-refractivity contribution in [3.8, 4) is 0 Å². The Labute approximate surface area is 107 Å². The highest BCUT2D eigenvalue weighted by Crippen LogP contribution is 2.28. The molecule has 1 saturated carbocycles. The summed E-state index contributed by atoms with van der Waals surface area (Å²) >= 11 is 4.87. The third-order valence-corrected chi connectivity index (χ3v) is 3.32. The molecule has 1 aliphatic carbocycles. The highest BCUT2D eigenvalue weighted by Gasteiger charge is 2.34. The van der Waals surface area contributed by atoms with Gasteiger partial charge in [-0.25, -0.2) is 4.79 Å². The minimum Gasteiger partial charge on any atom is -0.393 e. The maximum atomic E-state index is 12.3. The summed E-state index contributed by atoms with van der Waals surface area (Å²) < 4.78 is 5.25. The highest BCUT2D eigenvalue weighted by atomic mass is 32.1. The second kappa shape index (κ2) is 5.64. The van der Waals surface area contributed by atoms with Crippen LogP contribution in [0.4, 0.5) is 4.79 Å². The molecule has 2 aliphatic rings. The van der Waals surface area contributed by atoms with E-state index in [2.05, 4.69) is 0 Å². The number of hydrogen-bond acceptors (Lipinski definition) is 3. The monoisotopic (exact) mass is 257 g/mol. The molecule has 96 valence electrons. The summed E-state index contributed by atoms with van der Waals surface area (Å²) in [4.78, 5) is 16.6. The minimum atomic E-state index is 0.118. The Kier molecular flexibility index (Phi) is 4.17. The van der Waals surface area contributed by atoms with Crippen LogP contribution in [-0.2, 0) is 4.74 Å². The van der Waals surface area contributed by atoms with Gasteiger partial charge in [0.2, 0.25) is 0 Å². The number of ether oxygens (including phenoxy) is 1. The lowest BCUT2D eigenvalue weighted by molar-refractivity contribution is 0.0428. The summed E-state index contributed by atoms with van der Waals surface area (Å²) in [5.74, 6) is 0. The second-order valence-electron chi connectivity index (χ2n) is 4.52. The van der Waals surface area contributed by atoms with Crippen LogP contribution in [0.3, 0.4) is 0 Å². The van der Waals surface area contributed by atoms with Crippen LogP contribution in [0.5, 0.6) is 0 Å². The molecular formula is C11H19N3O2S. The Morgan fingerprint density at radius 2 is 2.06 bits per heavy atom. The van der Waals surface area contributed by atoms with Gasteiger partial charge in [-0.3, -0.25) is 0 Å². The number of nitrogens with two attached hydrogens (primary N) is 1. The van der Waals surface area contributed by atoms with Crippen molar-refractivity contribution in [3.05, 3.63) is 0 Å². The molecule has 17 heavy (non-hydrogen) atoms. The van der Waals surface area contributed by atoms with Crippen molar-refractivity contribution in [2.24, 2.45) is 5.73 Å². The Balaban J connectivity index is 1.89. The normalized spacial score (nSPS) is 20.1. The molecule has 1 saturated heterocycles. The quantitative estimate of drug-likeness (QED) is 0.748. The zero-order valence-electron chi connectivity index (χ0n) is 9.93. The lowest BCUT2D eigenvalue weighted by Gasteiger charge is -2.33. The summed E-state index contributed by atoms with van der Waals surface area (Å²) in [5, 5.41) is 0. The van der Waals surface area contributed by atoms with Crippen molar-refractivity contribution in [1.82, 2.24) is 9.80 Å². The number of amides is 2. The van der Waals surface area contributed by atoms with E-state index in [-0.39, 0.29) is 6.03 Å². The van der Waals surface area contributed by atoms with Gasteiger partial charge in [-0.2, -0.15) is 0 Å². The van der Waals surface area contributed by atoms with Crippen LogP contribution >= 0.6 is 12.2 Å². The van der Waals surface area contributed by atoms with Gasteiger partial charge in [-0.15, -0.1) is 0 Å². The molecular weight excluding hydrogens is 238 g/mol.